The summed E-state index contributed by atoms with van der Waals surface area (Å²) in [5.41, 5.74) is -1.85. The lowest BCUT2D eigenvalue weighted by molar-refractivity contribution is -0.140. The summed E-state index contributed by atoms with van der Waals surface area (Å²) < 4.78 is 64.3. The van der Waals surface area contributed by atoms with Crippen molar-refractivity contribution in [3.63, 3.8) is 0 Å². The van der Waals surface area contributed by atoms with Crippen LogP contribution in [-0.4, -0.2) is 5.11 Å². The van der Waals surface area contributed by atoms with E-state index >= 15 is 0 Å². The monoisotopic (exact) mass is 288 g/mol. The second-order valence-corrected chi connectivity index (χ2v) is 4.16. The number of aliphatic hydroxyl groups excluding tert-OH is 1. The van der Waals surface area contributed by atoms with Gasteiger partial charge in [0, 0.05) is 5.56 Å². The molecular formula is C14H9F5O. The Bertz CT molecular complexity index is 604. The molecule has 0 heterocycles. The highest BCUT2D eigenvalue weighted by molar-refractivity contribution is 5.35. The minimum Gasteiger partial charge on any atom is -0.384 e. The predicted octanol–water partition coefficient (Wildman–Crippen LogP) is 4.07. The van der Waals surface area contributed by atoms with Crippen LogP contribution in [0.1, 0.15) is 22.8 Å². The molecule has 2 aromatic rings. The van der Waals surface area contributed by atoms with E-state index in [4.69, 9.17) is 0 Å². The molecular weight excluding hydrogens is 279 g/mol. The Morgan fingerprint density at radius 1 is 0.900 bits per heavy atom. The second-order valence-electron chi connectivity index (χ2n) is 4.16. The van der Waals surface area contributed by atoms with Gasteiger partial charge in [0.15, 0.2) is 0 Å². The van der Waals surface area contributed by atoms with Crippen LogP contribution in [0.3, 0.4) is 0 Å². The molecule has 1 N–H and O–H groups in total. The highest BCUT2D eigenvalue weighted by Crippen LogP contribution is 2.35. The molecule has 0 aliphatic rings. The number of rotatable bonds is 2. The van der Waals surface area contributed by atoms with Crippen LogP contribution in [0.2, 0.25) is 0 Å². The third kappa shape index (κ3) is 2.80. The standard InChI is InChI=1S/C14H9F5O/c15-9-6-4-8(5-7-9)13(20)10-2-1-3-11(12(10)16)14(17,18)19/h1-7,13,20H. The fourth-order valence-electron chi connectivity index (χ4n) is 1.80. The molecule has 1 unspecified atom stereocenters. The average molecular weight is 288 g/mol. The molecule has 6 heteroatoms. The molecule has 0 amide bonds. The van der Waals surface area contributed by atoms with Crippen molar-refractivity contribution in [1.29, 1.82) is 0 Å². The first-order chi connectivity index (χ1) is 9.30. The largest absolute Gasteiger partial charge is 0.419 e. The molecule has 1 nitrogen and oxygen atoms in total. The van der Waals surface area contributed by atoms with Crippen LogP contribution >= 0.6 is 0 Å². The Morgan fingerprint density at radius 3 is 2.05 bits per heavy atom. The topological polar surface area (TPSA) is 20.2 Å². The number of aliphatic hydroxyl groups is 1. The Kier molecular flexibility index (Phi) is 3.76. The third-order valence-electron chi connectivity index (χ3n) is 2.81. The molecule has 2 rings (SSSR count). The summed E-state index contributed by atoms with van der Waals surface area (Å²) in [6.07, 6.45) is -6.44. The van der Waals surface area contributed by atoms with Gasteiger partial charge in [0.05, 0.1) is 5.56 Å². The lowest BCUT2D eigenvalue weighted by atomic mass is 9.98. The van der Waals surface area contributed by atoms with Crippen LogP contribution in [0.4, 0.5) is 22.0 Å². The summed E-state index contributed by atoms with van der Waals surface area (Å²) in [7, 11) is 0. The summed E-state index contributed by atoms with van der Waals surface area (Å²) in [4.78, 5) is 0. The highest BCUT2D eigenvalue weighted by Gasteiger charge is 2.35. The van der Waals surface area contributed by atoms with Crippen LogP contribution < -0.4 is 0 Å². The minimum absolute atomic E-state index is 0.102. The minimum atomic E-state index is -4.84. The number of halogens is 5. The molecule has 0 radical (unpaired) electrons. The average Bonchev–Trinajstić information content (AvgIpc) is 2.37. The van der Waals surface area contributed by atoms with E-state index < -0.39 is 35.0 Å². The van der Waals surface area contributed by atoms with Crippen molar-refractivity contribution < 1.29 is 27.1 Å². The molecule has 0 spiro atoms. The van der Waals surface area contributed by atoms with Crippen molar-refractivity contribution in [2.45, 2.75) is 12.3 Å². The van der Waals surface area contributed by atoms with E-state index in [1.54, 1.807) is 0 Å². The molecule has 20 heavy (non-hydrogen) atoms. The zero-order valence-electron chi connectivity index (χ0n) is 9.96. The van der Waals surface area contributed by atoms with Crippen molar-refractivity contribution in [2.75, 3.05) is 0 Å². The molecule has 2 aromatic carbocycles. The molecule has 0 aromatic heterocycles. The maximum atomic E-state index is 13.8. The van der Waals surface area contributed by atoms with E-state index in [1.165, 1.54) is 12.1 Å². The number of benzene rings is 2. The molecule has 0 aliphatic carbocycles. The van der Waals surface area contributed by atoms with Crippen LogP contribution in [0.25, 0.3) is 0 Å². The summed E-state index contributed by atoms with van der Waals surface area (Å²) in [6, 6.07) is 7.08. The van der Waals surface area contributed by atoms with E-state index in [2.05, 4.69) is 0 Å². The van der Waals surface area contributed by atoms with Crippen LogP contribution in [0.5, 0.6) is 0 Å². The smallest absolute Gasteiger partial charge is 0.384 e. The fraction of sp³-hybridized carbons (Fsp3) is 0.143. The molecule has 0 aliphatic heterocycles. The van der Waals surface area contributed by atoms with Gasteiger partial charge in [-0.15, -0.1) is 0 Å². The first-order valence-electron chi connectivity index (χ1n) is 5.60. The maximum absolute atomic E-state index is 13.8. The van der Waals surface area contributed by atoms with Gasteiger partial charge in [-0.25, -0.2) is 8.78 Å². The van der Waals surface area contributed by atoms with Crippen molar-refractivity contribution in [3.05, 3.63) is 70.8 Å². The van der Waals surface area contributed by atoms with E-state index in [9.17, 15) is 27.1 Å². The fourth-order valence-corrected chi connectivity index (χ4v) is 1.80. The van der Waals surface area contributed by atoms with E-state index in [1.807, 2.05) is 0 Å². The normalized spacial score (nSPS) is 13.3. The van der Waals surface area contributed by atoms with Crippen LogP contribution in [0.15, 0.2) is 42.5 Å². The number of hydrogen-bond acceptors (Lipinski definition) is 1. The Balaban J connectivity index is 2.45. The highest BCUT2D eigenvalue weighted by atomic mass is 19.4. The van der Waals surface area contributed by atoms with Gasteiger partial charge in [-0.1, -0.05) is 24.3 Å². The number of alkyl halides is 3. The van der Waals surface area contributed by atoms with Gasteiger partial charge in [-0.05, 0) is 23.8 Å². The zero-order chi connectivity index (χ0) is 14.9. The lowest BCUT2D eigenvalue weighted by Crippen LogP contribution is -2.12. The van der Waals surface area contributed by atoms with Gasteiger partial charge in [0.25, 0.3) is 0 Å². The molecule has 0 saturated carbocycles. The van der Waals surface area contributed by atoms with Gasteiger partial charge in [0.2, 0.25) is 0 Å². The van der Waals surface area contributed by atoms with E-state index in [-0.39, 0.29) is 5.56 Å². The van der Waals surface area contributed by atoms with E-state index in [0.29, 0.717) is 6.07 Å². The second kappa shape index (κ2) is 5.20. The third-order valence-corrected chi connectivity index (χ3v) is 2.81. The molecule has 106 valence electrons. The summed E-state index contributed by atoms with van der Waals surface area (Å²) in [6.45, 7) is 0. The summed E-state index contributed by atoms with van der Waals surface area (Å²) in [5.74, 6) is -2.10. The van der Waals surface area contributed by atoms with Crippen molar-refractivity contribution in [1.82, 2.24) is 0 Å². The van der Waals surface area contributed by atoms with Crippen LogP contribution in [0, 0.1) is 11.6 Å². The summed E-state index contributed by atoms with van der Waals surface area (Å²) in [5, 5.41) is 9.92. The first-order valence-corrected chi connectivity index (χ1v) is 5.60. The first kappa shape index (κ1) is 14.5. The van der Waals surface area contributed by atoms with Crippen LogP contribution in [-0.2, 0) is 6.18 Å². The lowest BCUT2D eigenvalue weighted by Gasteiger charge is -2.15. The van der Waals surface area contributed by atoms with Gasteiger partial charge in [0.1, 0.15) is 17.7 Å². The molecule has 1 atom stereocenters. The SMILES string of the molecule is OC(c1ccc(F)cc1)c1cccc(C(F)(F)F)c1F. The van der Waals surface area contributed by atoms with Crippen molar-refractivity contribution in [2.24, 2.45) is 0 Å². The molecule has 0 bridgehead atoms. The quantitative estimate of drug-likeness (QED) is 0.826. The van der Waals surface area contributed by atoms with E-state index in [0.717, 1.165) is 24.3 Å². The van der Waals surface area contributed by atoms with Gasteiger partial charge >= 0.3 is 6.18 Å². The maximum Gasteiger partial charge on any atom is 0.419 e. The predicted molar refractivity (Wildman–Crippen MR) is 61.9 cm³/mol. The Hall–Kier alpha value is -1.95. The molecule has 0 saturated heterocycles. The Morgan fingerprint density at radius 2 is 1.50 bits per heavy atom. The van der Waals surface area contributed by atoms with Gasteiger partial charge < -0.3 is 5.11 Å². The van der Waals surface area contributed by atoms with Crippen molar-refractivity contribution in [3.8, 4) is 0 Å². The molecule has 0 fully saturated rings. The Labute approximate surface area is 111 Å². The summed E-state index contributed by atoms with van der Waals surface area (Å²) >= 11 is 0. The number of hydrogen-bond donors (Lipinski definition) is 1. The zero-order valence-corrected chi connectivity index (χ0v) is 9.96. The van der Waals surface area contributed by atoms with Gasteiger partial charge in [-0.3, -0.25) is 0 Å². The van der Waals surface area contributed by atoms with Crippen molar-refractivity contribution >= 4 is 0 Å². The van der Waals surface area contributed by atoms with Gasteiger partial charge in [-0.2, -0.15) is 13.2 Å².